The van der Waals surface area contributed by atoms with Crippen LogP contribution in [0.1, 0.15) is 52.4 Å². The van der Waals surface area contributed by atoms with Crippen LogP contribution in [0.25, 0.3) is 0 Å². The van der Waals surface area contributed by atoms with Gasteiger partial charge in [-0.05, 0) is 49.0 Å². The first-order chi connectivity index (χ1) is 11.1. The number of aliphatic hydroxyl groups is 1. The first-order valence-corrected chi connectivity index (χ1v) is 10.0. The molecule has 1 saturated heterocycles. The largest absolute Gasteiger partial charge is 0.481 e. The molecule has 1 rings (SSSR count). The van der Waals surface area contributed by atoms with Crippen molar-refractivity contribution in [1.29, 1.82) is 0 Å². The van der Waals surface area contributed by atoms with Crippen molar-refractivity contribution in [2.24, 2.45) is 17.8 Å². The van der Waals surface area contributed by atoms with Gasteiger partial charge in [-0.25, -0.2) is 0 Å². The average Bonchev–Trinajstić information content (AvgIpc) is 2.97. The molecule has 23 heavy (non-hydrogen) atoms. The lowest BCUT2D eigenvalue weighted by Gasteiger charge is -2.24. The second kappa shape index (κ2) is 11.7. The predicted molar refractivity (Wildman–Crippen MR) is 98.8 cm³/mol. The first kappa shape index (κ1) is 20.3. The quantitative estimate of drug-likeness (QED) is 0.429. The fraction of sp³-hybridized carbons (Fsp3) is 0.737. The minimum Gasteiger partial charge on any atom is -0.481 e. The number of carboxylic acids is 1. The third kappa shape index (κ3) is 8.07. The van der Waals surface area contributed by atoms with Gasteiger partial charge in [-0.3, -0.25) is 4.79 Å². The van der Waals surface area contributed by atoms with Crippen molar-refractivity contribution in [3.8, 4) is 0 Å². The first-order valence-electron chi connectivity index (χ1n) is 8.85. The maximum absolute atomic E-state index is 11.2. The van der Waals surface area contributed by atoms with E-state index < -0.39 is 5.97 Å². The lowest BCUT2D eigenvalue weighted by Crippen LogP contribution is -2.23. The van der Waals surface area contributed by atoms with Crippen LogP contribution in [0.3, 0.4) is 0 Å². The molecule has 2 unspecified atom stereocenters. The summed E-state index contributed by atoms with van der Waals surface area (Å²) in [6.07, 6.45) is 13.1. The monoisotopic (exact) mass is 340 g/mol. The molecule has 0 bridgehead atoms. The van der Waals surface area contributed by atoms with Gasteiger partial charge in [-0.1, -0.05) is 50.5 Å². The number of carbonyl (C=O) groups is 1. The highest BCUT2D eigenvalue weighted by Crippen LogP contribution is 2.39. The van der Waals surface area contributed by atoms with Gasteiger partial charge in [0.2, 0.25) is 0 Å². The van der Waals surface area contributed by atoms with Gasteiger partial charge < -0.3 is 10.2 Å². The van der Waals surface area contributed by atoms with Gasteiger partial charge in [0.1, 0.15) is 0 Å². The van der Waals surface area contributed by atoms with Crippen molar-refractivity contribution in [2.75, 3.05) is 11.5 Å². The Morgan fingerprint density at radius 1 is 1.35 bits per heavy atom. The zero-order chi connectivity index (χ0) is 17.1. The van der Waals surface area contributed by atoms with E-state index in [1.54, 1.807) is 0 Å². The van der Waals surface area contributed by atoms with Crippen LogP contribution in [0.5, 0.6) is 0 Å². The third-order valence-corrected chi connectivity index (χ3v) is 5.81. The van der Waals surface area contributed by atoms with Crippen LogP contribution in [-0.2, 0) is 4.79 Å². The van der Waals surface area contributed by atoms with Crippen molar-refractivity contribution >= 4 is 17.7 Å². The second-order valence-corrected chi connectivity index (χ2v) is 7.55. The molecule has 132 valence electrons. The SMILES string of the molecule is C/C=C\C[C@H](CC(=O)O)C1CSC[C@@H]1/C=C/C(O)CCCCC. The molecule has 0 aliphatic carbocycles. The van der Waals surface area contributed by atoms with Crippen LogP contribution in [-0.4, -0.2) is 33.8 Å². The van der Waals surface area contributed by atoms with Gasteiger partial charge in [0.15, 0.2) is 0 Å². The highest BCUT2D eigenvalue weighted by molar-refractivity contribution is 7.99. The van der Waals surface area contributed by atoms with Crippen molar-refractivity contribution < 1.29 is 15.0 Å². The van der Waals surface area contributed by atoms with E-state index in [1.807, 2.05) is 30.8 Å². The van der Waals surface area contributed by atoms with Gasteiger partial charge in [-0.15, -0.1) is 0 Å². The van der Waals surface area contributed by atoms with E-state index in [9.17, 15) is 15.0 Å². The minimum atomic E-state index is -0.710. The second-order valence-electron chi connectivity index (χ2n) is 6.48. The summed E-state index contributed by atoms with van der Waals surface area (Å²) in [4.78, 5) is 11.2. The molecular weight excluding hydrogens is 308 g/mol. The number of allylic oxidation sites excluding steroid dienone is 3. The number of unbranched alkanes of at least 4 members (excludes halogenated alkanes) is 2. The van der Waals surface area contributed by atoms with E-state index in [0.29, 0.717) is 11.8 Å². The summed E-state index contributed by atoms with van der Waals surface area (Å²) in [5, 5.41) is 19.2. The van der Waals surface area contributed by atoms with Crippen molar-refractivity contribution in [3.63, 3.8) is 0 Å². The van der Waals surface area contributed by atoms with Gasteiger partial charge in [0, 0.05) is 6.42 Å². The Balaban J connectivity index is 2.60. The zero-order valence-electron chi connectivity index (χ0n) is 14.5. The standard InChI is InChI=1S/C19H32O3S/c1-3-5-7-9-17(20)11-10-16-13-23-14-18(16)15(8-6-4-2)12-19(21)22/h4,6,10-11,15-18,20H,3,5,7-9,12-14H2,1-2H3,(H,21,22)/b6-4-,11-10+/t15-,16+,17?,18?/m1/s1. The van der Waals surface area contributed by atoms with Crippen LogP contribution < -0.4 is 0 Å². The molecule has 0 spiro atoms. The molecule has 1 heterocycles. The molecule has 1 fully saturated rings. The molecule has 0 aromatic rings. The van der Waals surface area contributed by atoms with E-state index in [1.165, 1.54) is 6.42 Å². The summed E-state index contributed by atoms with van der Waals surface area (Å²) >= 11 is 1.90. The van der Waals surface area contributed by atoms with Crippen LogP contribution in [0.15, 0.2) is 24.3 Å². The van der Waals surface area contributed by atoms with E-state index in [4.69, 9.17) is 0 Å². The number of hydrogen-bond acceptors (Lipinski definition) is 3. The minimum absolute atomic E-state index is 0.186. The number of carboxylic acid groups (broad SMARTS) is 1. The summed E-state index contributed by atoms with van der Waals surface area (Å²) < 4.78 is 0. The summed E-state index contributed by atoms with van der Waals surface area (Å²) in [5.74, 6) is 2.32. The summed E-state index contributed by atoms with van der Waals surface area (Å²) in [6.45, 7) is 4.14. The smallest absolute Gasteiger partial charge is 0.303 e. The van der Waals surface area contributed by atoms with Gasteiger partial charge >= 0.3 is 5.97 Å². The molecule has 0 amide bonds. The maximum atomic E-state index is 11.2. The lowest BCUT2D eigenvalue weighted by molar-refractivity contribution is -0.138. The van der Waals surface area contributed by atoms with Crippen molar-refractivity contribution in [2.45, 2.75) is 58.5 Å². The van der Waals surface area contributed by atoms with E-state index >= 15 is 0 Å². The lowest BCUT2D eigenvalue weighted by atomic mass is 9.79. The van der Waals surface area contributed by atoms with E-state index in [-0.39, 0.29) is 18.4 Å². The highest BCUT2D eigenvalue weighted by Gasteiger charge is 2.33. The summed E-state index contributed by atoms with van der Waals surface area (Å²) in [7, 11) is 0. The Morgan fingerprint density at radius 2 is 2.13 bits per heavy atom. The van der Waals surface area contributed by atoms with Crippen LogP contribution in [0.4, 0.5) is 0 Å². The topological polar surface area (TPSA) is 57.5 Å². The summed E-state index contributed by atoms with van der Waals surface area (Å²) in [6, 6.07) is 0. The molecule has 1 aliphatic heterocycles. The van der Waals surface area contributed by atoms with E-state index in [2.05, 4.69) is 19.1 Å². The molecule has 3 nitrogen and oxygen atoms in total. The molecule has 0 saturated carbocycles. The third-order valence-electron chi connectivity index (χ3n) is 4.57. The number of thioether (sulfide) groups is 1. The van der Waals surface area contributed by atoms with Gasteiger partial charge in [0.25, 0.3) is 0 Å². The van der Waals surface area contributed by atoms with Crippen molar-refractivity contribution in [1.82, 2.24) is 0 Å². The van der Waals surface area contributed by atoms with Gasteiger partial charge in [-0.2, -0.15) is 11.8 Å². The molecule has 0 aromatic heterocycles. The molecule has 0 aromatic carbocycles. The Bertz CT molecular complexity index is 392. The summed E-state index contributed by atoms with van der Waals surface area (Å²) in [5.41, 5.74) is 0. The Morgan fingerprint density at radius 3 is 2.78 bits per heavy atom. The molecule has 2 N–H and O–H groups in total. The Kier molecular flexibility index (Phi) is 10.4. The highest BCUT2D eigenvalue weighted by atomic mass is 32.2. The number of aliphatic hydroxyl groups excluding tert-OH is 1. The molecule has 4 atom stereocenters. The maximum Gasteiger partial charge on any atom is 0.303 e. The molecule has 1 aliphatic rings. The van der Waals surface area contributed by atoms with Gasteiger partial charge in [0.05, 0.1) is 6.10 Å². The zero-order valence-corrected chi connectivity index (χ0v) is 15.3. The fourth-order valence-electron chi connectivity index (χ4n) is 3.19. The van der Waals surface area contributed by atoms with Crippen molar-refractivity contribution in [3.05, 3.63) is 24.3 Å². The Labute approximate surface area is 145 Å². The van der Waals surface area contributed by atoms with Crippen LogP contribution in [0.2, 0.25) is 0 Å². The molecular formula is C19H32O3S. The van der Waals surface area contributed by atoms with Crippen LogP contribution >= 0.6 is 11.8 Å². The number of aliphatic carboxylic acids is 1. The number of rotatable bonds is 11. The molecule has 0 radical (unpaired) electrons. The predicted octanol–water partition coefficient (Wildman–Crippen LogP) is 4.52. The number of hydrogen-bond donors (Lipinski definition) is 2. The normalized spacial score (nSPS) is 24.5. The Hall–Kier alpha value is -0.740. The molecule has 4 heteroatoms. The fourth-order valence-corrected chi connectivity index (χ4v) is 4.74. The average molecular weight is 341 g/mol. The van der Waals surface area contributed by atoms with Crippen LogP contribution in [0, 0.1) is 17.8 Å². The van der Waals surface area contributed by atoms with E-state index in [0.717, 1.165) is 37.2 Å².